The lowest BCUT2D eigenvalue weighted by Gasteiger charge is -2.20. The first-order chi connectivity index (χ1) is 19.5. The number of amides is 3. The third-order valence-corrected chi connectivity index (χ3v) is 6.43. The monoisotopic (exact) mass is 529 g/mol. The topological polar surface area (TPSA) is 111 Å². The van der Waals surface area contributed by atoms with Gasteiger partial charge in [-0.25, -0.2) is 0 Å². The number of anilines is 1. The molecular weight excluding hydrogens is 502 g/mol. The molecule has 0 bridgehead atoms. The number of nitrogens with two attached hydrogens (primary N) is 1. The Labute approximate surface area is 231 Å². The summed E-state index contributed by atoms with van der Waals surface area (Å²) in [6.07, 6.45) is 0. The Hall–Kier alpha value is -5.43. The second kappa shape index (κ2) is 12.0. The summed E-state index contributed by atoms with van der Waals surface area (Å²) in [6, 6.07) is 35.2. The maximum absolute atomic E-state index is 13.5. The average Bonchev–Trinajstić information content (AvgIpc) is 2.99. The van der Waals surface area contributed by atoms with Crippen molar-refractivity contribution < 1.29 is 19.1 Å². The lowest BCUT2D eigenvalue weighted by Crippen LogP contribution is -2.37. The van der Waals surface area contributed by atoms with E-state index < -0.39 is 23.8 Å². The first-order valence-corrected chi connectivity index (χ1v) is 12.7. The highest BCUT2D eigenvalue weighted by molar-refractivity contribution is 6.04. The minimum atomic E-state index is -1.03. The maximum atomic E-state index is 13.5. The van der Waals surface area contributed by atoms with Crippen molar-refractivity contribution >= 4 is 34.2 Å². The molecule has 5 aromatic carbocycles. The number of rotatable bonds is 9. The van der Waals surface area contributed by atoms with Crippen LogP contribution in [0, 0.1) is 0 Å². The fourth-order valence-electron chi connectivity index (χ4n) is 4.31. The van der Waals surface area contributed by atoms with Crippen LogP contribution in [0.25, 0.3) is 10.8 Å². The Morgan fingerprint density at radius 2 is 1.43 bits per heavy atom. The van der Waals surface area contributed by atoms with E-state index in [9.17, 15) is 14.4 Å². The highest BCUT2D eigenvalue weighted by Crippen LogP contribution is 2.23. The molecule has 0 aliphatic heterocycles. The molecule has 1 atom stereocenters. The van der Waals surface area contributed by atoms with Crippen LogP contribution in [0.3, 0.4) is 0 Å². The van der Waals surface area contributed by atoms with E-state index in [4.69, 9.17) is 10.5 Å². The summed E-state index contributed by atoms with van der Waals surface area (Å²) in [7, 11) is 0. The van der Waals surface area contributed by atoms with Crippen LogP contribution in [0.4, 0.5) is 5.69 Å². The van der Waals surface area contributed by atoms with E-state index in [1.807, 2.05) is 60.7 Å². The smallest absolute Gasteiger partial charge is 0.252 e. The largest absolute Gasteiger partial charge is 0.489 e. The van der Waals surface area contributed by atoms with Crippen molar-refractivity contribution in [2.75, 3.05) is 5.32 Å². The van der Waals surface area contributed by atoms with E-state index >= 15 is 0 Å². The van der Waals surface area contributed by atoms with E-state index in [1.165, 1.54) is 6.07 Å². The van der Waals surface area contributed by atoms with Gasteiger partial charge < -0.3 is 21.1 Å². The van der Waals surface area contributed by atoms with Crippen molar-refractivity contribution in [3.8, 4) is 5.75 Å². The summed E-state index contributed by atoms with van der Waals surface area (Å²) in [5.41, 5.74) is 8.05. The van der Waals surface area contributed by atoms with Gasteiger partial charge in [0.2, 0.25) is 5.91 Å². The molecule has 7 nitrogen and oxygen atoms in total. The van der Waals surface area contributed by atoms with Gasteiger partial charge in [0.25, 0.3) is 11.8 Å². The molecule has 0 aliphatic rings. The van der Waals surface area contributed by atoms with E-state index in [0.29, 0.717) is 29.2 Å². The maximum Gasteiger partial charge on any atom is 0.252 e. The number of benzene rings is 5. The number of fused-ring (bicyclic) bond motifs is 1. The quantitative estimate of drug-likeness (QED) is 0.230. The van der Waals surface area contributed by atoms with Gasteiger partial charge in [-0.3, -0.25) is 14.4 Å². The fraction of sp³-hybridized carbons (Fsp3) is 0.0606. The van der Waals surface area contributed by atoms with Crippen LogP contribution in [0.2, 0.25) is 0 Å². The van der Waals surface area contributed by atoms with Gasteiger partial charge in [-0.05, 0) is 64.4 Å². The Morgan fingerprint density at radius 3 is 2.17 bits per heavy atom. The van der Waals surface area contributed by atoms with Crippen molar-refractivity contribution in [1.29, 1.82) is 0 Å². The van der Waals surface area contributed by atoms with Crippen molar-refractivity contribution in [3.63, 3.8) is 0 Å². The summed E-state index contributed by atoms with van der Waals surface area (Å²) < 4.78 is 5.88. The Kier molecular flexibility index (Phi) is 7.83. The molecule has 5 rings (SSSR count). The Morgan fingerprint density at radius 1 is 0.700 bits per heavy atom. The van der Waals surface area contributed by atoms with Crippen molar-refractivity contribution in [1.82, 2.24) is 5.32 Å². The molecule has 7 heteroatoms. The third-order valence-electron chi connectivity index (χ3n) is 6.43. The summed E-state index contributed by atoms with van der Waals surface area (Å²) in [5.74, 6) is -0.861. The normalized spacial score (nSPS) is 11.4. The van der Waals surface area contributed by atoms with Gasteiger partial charge in [0, 0.05) is 16.8 Å². The van der Waals surface area contributed by atoms with Gasteiger partial charge in [-0.1, -0.05) is 78.9 Å². The van der Waals surface area contributed by atoms with Crippen LogP contribution in [-0.4, -0.2) is 17.7 Å². The Balaban J connectivity index is 1.38. The summed E-state index contributed by atoms with van der Waals surface area (Å²) >= 11 is 0. The number of hydrogen-bond donors (Lipinski definition) is 3. The van der Waals surface area contributed by atoms with Crippen LogP contribution < -0.4 is 21.1 Å². The predicted molar refractivity (Wildman–Crippen MR) is 155 cm³/mol. The fourth-order valence-corrected chi connectivity index (χ4v) is 4.31. The zero-order valence-electron chi connectivity index (χ0n) is 21.5. The van der Waals surface area contributed by atoms with Crippen LogP contribution in [0.1, 0.15) is 37.9 Å². The van der Waals surface area contributed by atoms with Crippen LogP contribution in [0.15, 0.2) is 121 Å². The van der Waals surface area contributed by atoms with Gasteiger partial charge in [0.1, 0.15) is 18.4 Å². The van der Waals surface area contributed by atoms with E-state index in [-0.39, 0.29) is 5.56 Å². The predicted octanol–water partition coefficient (Wildman–Crippen LogP) is 5.63. The number of ether oxygens (including phenoxy) is 1. The third kappa shape index (κ3) is 6.34. The van der Waals surface area contributed by atoms with Gasteiger partial charge >= 0.3 is 0 Å². The van der Waals surface area contributed by atoms with Gasteiger partial charge in [0.15, 0.2) is 0 Å². The highest BCUT2D eigenvalue weighted by atomic mass is 16.5. The molecular formula is C33H27N3O4. The highest BCUT2D eigenvalue weighted by Gasteiger charge is 2.24. The summed E-state index contributed by atoms with van der Waals surface area (Å²) in [4.78, 5) is 38.4. The minimum absolute atomic E-state index is 0.259. The lowest BCUT2D eigenvalue weighted by atomic mass is 10.0. The lowest BCUT2D eigenvalue weighted by molar-refractivity contribution is -0.118. The SMILES string of the molecule is NC(=O)c1cccc(NC(=O)[C@@H](NC(=O)c2ccc3ccccc3c2)c2ccc(OCc3ccccc3)cc2)c1. The molecule has 0 spiro atoms. The molecule has 0 aromatic heterocycles. The number of hydrogen-bond acceptors (Lipinski definition) is 4. The van der Waals surface area contributed by atoms with E-state index in [2.05, 4.69) is 10.6 Å². The standard InChI is InChI=1S/C33H27N3O4/c34-31(37)26-11-6-12-28(20-26)35-33(39)30(36-32(38)27-14-13-23-9-4-5-10-25(23)19-27)24-15-17-29(18-16-24)40-21-22-7-2-1-3-8-22/h1-20,30H,21H2,(H2,34,37)(H,35,39)(H,36,38)/t30-/m0/s1. The molecule has 0 unspecified atom stereocenters. The molecule has 0 heterocycles. The number of carbonyl (C=O) groups excluding carboxylic acids is 3. The number of carbonyl (C=O) groups is 3. The molecule has 0 radical (unpaired) electrons. The van der Waals surface area contributed by atoms with Crippen LogP contribution in [0.5, 0.6) is 5.75 Å². The Bertz CT molecular complexity index is 1670. The van der Waals surface area contributed by atoms with Gasteiger partial charge in [-0.15, -0.1) is 0 Å². The zero-order chi connectivity index (χ0) is 27.9. The zero-order valence-corrected chi connectivity index (χ0v) is 21.5. The molecule has 0 fully saturated rings. The van der Waals surface area contributed by atoms with Crippen molar-refractivity contribution in [3.05, 3.63) is 144 Å². The van der Waals surface area contributed by atoms with Crippen LogP contribution in [-0.2, 0) is 11.4 Å². The second-order valence-electron chi connectivity index (χ2n) is 9.25. The molecule has 4 N–H and O–H groups in total. The molecule has 3 amide bonds. The van der Waals surface area contributed by atoms with Gasteiger partial charge in [-0.2, -0.15) is 0 Å². The summed E-state index contributed by atoms with van der Waals surface area (Å²) in [5, 5.41) is 7.58. The van der Waals surface area contributed by atoms with Crippen LogP contribution >= 0.6 is 0 Å². The number of nitrogens with one attached hydrogen (secondary N) is 2. The molecule has 0 saturated carbocycles. The summed E-state index contributed by atoms with van der Waals surface area (Å²) in [6.45, 7) is 0.402. The first kappa shape index (κ1) is 26.2. The molecule has 40 heavy (non-hydrogen) atoms. The minimum Gasteiger partial charge on any atom is -0.489 e. The van der Waals surface area contributed by atoms with Crippen molar-refractivity contribution in [2.24, 2.45) is 5.73 Å². The molecule has 5 aromatic rings. The number of primary amides is 1. The average molecular weight is 530 g/mol. The van der Waals surface area contributed by atoms with E-state index in [0.717, 1.165) is 16.3 Å². The molecule has 0 saturated heterocycles. The van der Waals surface area contributed by atoms with Crippen molar-refractivity contribution in [2.45, 2.75) is 12.6 Å². The van der Waals surface area contributed by atoms with Gasteiger partial charge in [0.05, 0.1) is 0 Å². The molecule has 198 valence electrons. The second-order valence-corrected chi connectivity index (χ2v) is 9.25. The first-order valence-electron chi connectivity index (χ1n) is 12.7. The molecule has 0 aliphatic carbocycles. The van der Waals surface area contributed by atoms with E-state index in [1.54, 1.807) is 54.6 Å².